The molecule has 0 saturated carbocycles. The molecule has 1 N–H and O–H groups in total. The van der Waals surface area contributed by atoms with E-state index in [4.69, 9.17) is 0 Å². The normalized spacial score (nSPS) is 16.7. The van der Waals surface area contributed by atoms with Crippen LogP contribution in [-0.2, 0) is 16.0 Å². The first-order valence-corrected chi connectivity index (χ1v) is 8.44. The fourth-order valence-electron chi connectivity index (χ4n) is 2.57. The lowest BCUT2D eigenvalue weighted by Gasteiger charge is -2.27. The van der Waals surface area contributed by atoms with Crippen molar-refractivity contribution in [3.05, 3.63) is 57.3 Å². The van der Waals surface area contributed by atoms with E-state index in [1.807, 2.05) is 37.4 Å². The maximum atomic E-state index is 12.8. The minimum Gasteiger partial charge on any atom is -0.273 e. The molecular weight excluding hydrogens is 324 g/mol. The predicted octanol–water partition coefficient (Wildman–Crippen LogP) is 3.29. The van der Waals surface area contributed by atoms with Crippen molar-refractivity contribution in [2.24, 2.45) is 0 Å². The molecule has 1 saturated heterocycles. The highest BCUT2D eigenvalue weighted by Crippen LogP contribution is 2.27. The highest BCUT2D eigenvalue weighted by Gasteiger charge is 2.37. The largest absolute Gasteiger partial charge is 0.335 e. The van der Waals surface area contributed by atoms with Crippen molar-refractivity contribution in [2.75, 3.05) is 4.90 Å². The van der Waals surface area contributed by atoms with E-state index in [-0.39, 0.29) is 5.57 Å². The molecule has 1 aromatic heterocycles. The average molecular weight is 340 g/mol. The van der Waals surface area contributed by atoms with Crippen LogP contribution in [0, 0.1) is 6.92 Å². The van der Waals surface area contributed by atoms with Gasteiger partial charge in [0.2, 0.25) is 0 Å². The van der Waals surface area contributed by atoms with Gasteiger partial charge >= 0.3 is 6.03 Å². The summed E-state index contributed by atoms with van der Waals surface area (Å²) in [5.74, 6) is -1.26. The number of hydrogen-bond donors (Lipinski definition) is 1. The Morgan fingerprint density at radius 2 is 1.92 bits per heavy atom. The van der Waals surface area contributed by atoms with Gasteiger partial charge in [-0.05, 0) is 48.1 Å². The summed E-state index contributed by atoms with van der Waals surface area (Å²) in [6.45, 7) is 3.85. The van der Waals surface area contributed by atoms with E-state index >= 15 is 0 Å². The molecule has 0 atom stereocenters. The SMILES string of the molecule is CCc1ccccc1N1C(=O)NC(=O)/C(=C\c2sccc2C)C1=O. The number of aryl methyl sites for hydroxylation is 2. The Morgan fingerprint density at radius 1 is 1.17 bits per heavy atom. The zero-order chi connectivity index (χ0) is 17.3. The van der Waals surface area contributed by atoms with E-state index in [0.717, 1.165) is 20.9 Å². The van der Waals surface area contributed by atoms with Gasteiger partial charge in [0.05, 0.1) is 5.69 Å². The number of imide groups is 2. The third kappa shape index (κ3) is 2.76. The minimum atomic E-state index is -0.717. The Morgan fingerprint density at radius 3 is 2.58 bits per heavy atom. The number of carbonyl (C=O) groups excluding carboxylic acids is 3. The summed E-state index contributed by atoms with van der Waals surface area (Å²) < 4.78 is 0. The summed E-state index contributed by atoms with van der Waals surface area (Å²) in [6, 6.07) is 8.38. The standard InChI is InChI=1S/C18H16N2O3S/c1-3-12-6-4-5-7-14(12)20-17(22)13(16(21)19-18(20)23)10-15-11(2)8-9-24-15/h4-10H,3H2,1-2H3,(H,19,21,23)/b13-10+. The quantitative estimate of drug-likeness (QED) is 0.689. The van der Waals surface area contributed by atoms with E-state index in [2.05, 4.69) is 5.32 Å². The molecule has 2 heterocycles. The second kappa shape index (κ2) is 6.41. The molecule has 0 radical (unpaired) electrons. The van der Waals surface area contributed by atoms with Crippen molar-refractivity contribution < 1.29 is 14.4 Å². The van der Waals surface area contributed by atoms with E-state index in [0.29, 0.717) is 12.1 Å². The van der Waals surface area contributed by atoms with Gasteiger partial charge in [-0.2, -0.15) is 0 Å². The molecule has 1 aliphatic heterocycles. The third-order valence-corrected chi connectivity index (χ3v) is 4.86. The molecule has 0 spiro atoms. The molecule has 5 nitrogen and oxygen atoms in total. The summed E-state index contributed by atoms with van der Waals surface area (Å²) in [7, 11) is 0. The Balaban J connectivity index is 2.07. The summed E-state index contributed by atoms with van der Waals surface area (Å²) in [6.07, 6.45) is 2.22. The topological polar surface area (TPSA) is 66.5 Å². The number of amides is 4. The molecule has 0 aliphatic carbocycles. The minimum absolute atomic E-state index is 0.0361. The van der Waals surface area contributed by atoms with Gasteiger partial charge in [0.25, 0.3) is 11.8 Å². The Labute approximate surface area is 143 Å². The van der Waals surface area contributed by atoms with Gasteiger partial charge in [0.15, 0.2) is 0 Å². The second-order valence-corrected chi connectivity index (χ2v) is 6.36. The number of nitrogens with one attached hydrogen (secondary N) is 1. The van der Waals surface area contributed by atoms with Crippen LogP contribution in [0.5, 0.6) is 0 Å². The molecule has 3 rings (SSSR count). The van der Waals surface area contributed by atoms with Crippen molar-refractivity contribution in [1.29, 1.82) is 0 Å². The molecule has 4 amide bonds. The Kier molecular flexibility index (Phi) is 4.31. The fourth-order valence-corrected chi connectivity index (χ4v) is 3.43. The maximum absolute atomic E-state index is 12.8. The number of nitrogens with zero attached hydrogens (tertiary/aromatic N) is 1. The van der Waals surface area contributed by atoms with E-state index in [1.165, 1.54) is 11.3 Å². The summed E-state index contributed by atoms with van der Waals surface area (Å²) in [5.41, 5.74) is 2.31. The second-order valence-electron chi connectivity index (χ2n) is 5.41. The van der Waals surface area contributed by atoms with Gasteiger partial charge in [-0.15, -0.1) is 11.3 Å². The number of hydrogen-bond acceptors (Lipinski definition) is 4. The van der Waals surface area contributed by atoms with Crippen LogP contribution >= 0.6 is 11.3 Å². The fraction of sp³-hybridized carbons (Fsp3) is 0.167. The Bertz CT molecular complexity index is 867. The first-order valence-electron chi connectivity index (χ1n) is 7.56. The zero-order valence-electron chi connectivity index (χ0n) is 13.3. The molecule has 1 aromatic carbocycles. The lowest BCUT2D eigenvalue weighted by Crippen LogP contribution is -2.54. The molecule has 122 valence electrons. The van der Waals surface area contributed by atoms with Crippen LogP contribution in [-0.4, -0.2) is 17.8 Å². The smallest absolute Gasteiger partial charge is 0.273 e. The van der Waals surface area contributed by atoms with Crippen LogP contribution in [0.15, 0.2) is 41.3 Å². The first kappa shape index (κ1) is 16.1. The number of carbonyl (C=O) groups is 3. The number of rotatable bonds is 3. The summed E-state index contributed by atoms with van der Waals surface area (Å²) >= 11 is 1.44. The van der Waals surface area contributed by atoms with Crippen LogP contribution in [0.3, 0.4) is 0 Å². The lowest BCUT2D eigenvalue weighted by atomic mass is 10.1. The molecule has 1 aliphatic rings. The number of benzene rings is 1. The zero-order valence-corrected chi connectivity index (χ0v) is 14.1. The van der Waals surface area contributed by atoms with Crippen LogP contribution in [0.25, 0.3) is 6.08 Å². The monoisotopic (exact) mass is 340 g/mol. The highest BCUT2D eigenvalue weighted by molar-refractivity contribution is 7.11. The van der Waals surface area contributed by atoms with Crippen molar-refractivity contribution >= 4 is 40.9 Å². The molecular formula is C18H16N2O3S. The highest BCUT2D eigenvalue weighted by atomic mass is 32.1. The molecule has 6 heteroatoms. The van der Waals surface area contributed by atoms with Crippen LogP contribution in [0.1, 0.15) is 22.9 Å². The van der Waals surface area contributed by atoms with Gasteiger partial charge in [-0.25, -0.2) is 9.69 Å². The van der Waals surface area contributed by atoms with Crippen molar-refractivity contribution in [3.8, 4) is 0 Å². The van der Waals surface area contributed by atoms with Gasteiger partial charge < -0.3 is 0 Å². The van der Waals surface area contributed by atoms with E-state index in [1.54, 1.807) is 18.2 Å². The number of anilines is 1. The van der Waals surface area contributed by atoms with Gasteiger partial charge in [0.1, 0.15) is 5.57 Å². The van der Waals surface area contributed by atoms with Crippen LogP contribution < -0.4 is 10.2 Å². The lowest BCUT2D eigenvalue weighted by molar-refractivity contribution is -0.122. The van der Waals surface area contributed by atoms with Gasteiger partial charge in [-0.1, -0.05) is 25.1 Å². The summed E-state index contributed by atoms with van der Waals surface area (Å²) in [4.78, 5) is 39.1. The number of barbiturate groups is 1. The molecule has 0 bridgehead atoms. The maximum Gasteiger partial charge on any atom is 0.335 e. The Hall–Kier alpha value is -2.73. The van der Waals surface area contributed by atoms with Crippen LogP contribution in [0.4, 0.5) is 10.5 Å². The molecule has 1 fully saturated rings. The third-order valence-electron chi connectivity index (χ3n) is 3.89. The summed E-state index contributed by atoms with van der Waals surface area (Å²) in [5, 5.41) is 4.15. The van der Waals surface area contributed by atoms with Crippen molar-refractivity contribution in [1.82, 2.24) is 5.32 Å². The first-order chi connectivity index (χ1) is 11.5. The number of thiophene rings is 1. The van der Waals surface area contributed by atoms with Gasteiger partial charge in [-0.3, -0.25) is 14.9 Å². The van der Waals surface area contributed by atoms with Crippen molar-refractivity contribution in [2.45, 2.75) is 20.3 Å². The molecule has 0 unspecified atom stereocenters. The average Bonchev–Trinajstić information content (AvgIpc) is 2.96. The van der Waals surface area contributed by atoms with Crippen molar-refractivity contribution in [3.63, 3.8) is 0 Å². The number of urea groups is 1. The predicted molar refractivity (Wildman–Crippen MR) is 93.9 cm³/mol. The molecule has 2 aromatic rings. The van der Waals surface area contributed by atoms with Crippen LogP contribution in [0.2, 0.25) is 0 Å². The van der Waals surface area contributed by atoms with E-state index < -0.39 is 17.8 Å². The van der Waals surface area contributed by atoms with E-state index in [9.17, 15) is 14.4 Å². The van der Waals surface area contributed by atoms with Gasteiger partial charge in [0, 0.05) is 4.88 Å². The number of para-hydroxylation sites is 1. The molecule has 24 heavy (non-hydrogen) atoms.